The maximum Gasteiger partial charge on any atom is 0.433 e. The summed E-state index contributed by atoms with van der Waals surface area (Å²) in [6.45, 7) is 0. The summed E-state index contributed by atoms with van der Waals surface area (Å²) in [4.78, 5) is 10.5. The molecule has 90 valence electrons. The molecule has 0 saturated heterocycles. The molecule has 0 unspecified atom stereocenters. The van der Waals surface area contributed by atoms with Crippen LogP contribution in [0.2, 0.25) is 0 Å². The van der Waals surface area contributed by atoms with Crippen LogP contribution < -0.4 is 0 Å². The number of aromatic carboxylic acids is 1. The lowest BCUT2D eigenvalue weighted by molar-refractivity contribution is -0.140. The van der Waals surface area contributed by atoms with Gasteiger partial charge in [-0.25, -0.2) is 4.79 Å². The highest BCUT2D eigenvalue weighted by molar-refractivity contribution is 5.86. The third-order valence-corrected chi connectivity index (χ3v) is 2.01. The number of aromatic nitrogens is 4. The van der Waals surface area contributed by atoms with E-state index in [1.807, 2.05) is 0 Å². The monoisotopic (exact) mass is 246 g/mol. The molecule has 0 spiro atoms. The van der Waals surface area contributed by atoms with E-state index >= 15 is 0 Å². The van der Waals surface area contributed by atoms with Crippen LogP contribution in [0.25, 0.3) is 11.3 Å². The summed E-state index contributed by atoms with van der Waals surface area (Å²) in [5, 5.41) is 19.3. The topological polar surface area (TPSA) is 94.7 Å². The Hall–Kier alpha value is -2.32. The number of hydrogen-bond donors (Lipinski definition) is 3. The van der Waals surface area contributed by atoms with Crippen molar-refractivity contribution in [1.82, 2.24) is 20.4 Å². The van der Waals surface area contributed by atoms with Crippen LogP contribution in [-0.2, 0) is 6.18 Å². The second kappa shape index (κ2) is 3.61. The minimum Gasteiger partial charge on any atom is -0.477 e. The van der Waals surface area contributed by atoms with Gasteiger partial charge in [0.05, 0.1) is 17.5 Å². The zero-order valence-electron chi connectivity index (χ0n) is 8.04. The summed E-state index contributed by atoms with van der Waals surface area (Å²) in [6.07, 6.45) is -3.67. The number of nitrogens with one attached hydrogen (secondary N) is 2. The van der Waals surface area contributed by atoms with Crippen LogP contribution in [0.3, 0.4) is 0 Å². The second-order valence-electron chi connectivity index (χ2n) is 3.13. The SMILES string of the molecule is O=C(O)c1cc(-c2cn[nH]c2C(F)(F)F)n[nH]1. The molecule has 0 atom stereocenters. The van der Waals surface area contributed by atoms with Crippen molar-refractivity contribution in [1.29, 1.82) is 0 Å². The minimum atomic E-state index is -4.60. The normalized spacial score (nSPS) is 11.7. The molecule has 0 aromatic carbocycles. The maximum absolute atomic E-state index is 12.5. The van der Waals surface area contributed by atoms with Crippen molar-refractivity contribution in [2.24, 2.45) is 0 Å². The van der Waals surface area contributed by atoms with Crippen LogP contribution in [-0.4, -0.2) is 31.5 Å². The molecule has 0 aliphatic heterocycles. The lowest BCUT2D eigenvalue weighted by atomic mass is 10.1. The molecule has 0 saturated carbocycles. The number of rotatable bonds is 2. The van der Waals surface area contributed by atoms with Gasteiger partial charge in [0.2, 0.25) is 0 Å². The standard InChI is InChI=1S/C8H5F3N4O2/c9-8(10,11)6-3(2-12-15-6)4-1-5(7(16)17)14-13-4/h1-2H,(H,12,15)(H,13,14)(H,16,17). The first kappa shape index (κ1) is 11.2. The van der Waals surface area contributed by atoms with E-state index in [1.54, 1.807) is 5.10 Å². The smallest absolute Gasteiger partial charge is 0.433 e. The van der Waals surface area contributed by atoms with Gasteiger partial charge < -0.3 is 5.11 Å². The highest BCUT2D eigenvalue weighted by Gasteiger charge is 2.36. The Labute approximate surface area is 91.5 Å². The molecule has 2 aromatic heterocycles. The van der Waals surface area contributed by atoms with Gasteiger partial charge in [-0.3, -0.25) is 10.2 Å². The number of H-pyrrole nitrogens is 2. The number of aromatic amines is 2. The lowest BCUT2D eigenvalue weighted by Gasteiger charge is -2.04. The Morgan fingerprint density at radius 1 is 1.35 bits per heavy atom. The van der Waals surface area contributed by atoms with Crippen LogP contribution in [0.4, 0.5) is 13.2 Å². The quantitative estimate of drug-likeness (QED) is 0.748. The predicted octanol–water partition coefficient (Wildman–Crippen LogP) is 1.52. The summed E-state index contributed by atoms with van der Waals surface area (Å²) < 4.78 is 37.5. The highest BCUT2D eigenvalue weighted by atomic mass is 19.4. The molecule has 0 radical (unpaired) electrons. The molecule has 0 aliphatic rings. The van der Waals surface area contributed by atoms with E-state index in [1.165, 1.54) is 0 Å². The van der Waals surface area contributed by atoms with Crippen LogP contribution in [0.1, 0.15) is 16.2 Å². The van der Waals surface area contributed by atoms with Gasteiger partial charge in [0, 0.05) is 0 Å². The third-order valence-electron chi connectivity index (χ3n) is 2.01. The van der Waals surface area contributed by atoms with Crippen molar-refractivity contribution < 1.29 is 23.1 Å². The van der Waals surface area contributed by atoms with Gasteiger partial charge >= 0.3 is 12.1 Å². The molecule has 2 heterocycles. The summed E-state index contributed by atoms with van der Waals surface area (Å²) in [5.74, 6) is -1.30. The molecular weight excluding hydrogens is 241 g/mol. The Morgan fingerprint density at radius 3 is 2.59 bits per heavy atom. The first-order chi connectivity index (χ1) is 7.89. The van der Waals surface area contributed by atoms with Crippen LogP contribution >= 0.6 is 0 Å². The van der Waals surface area contributed by atoms with E-state index in [-0.39, 0.29) is 17.0 Å². The molecule has 6 nitrogen and oxygen atoms in total. The van der Waals surface area contributed by atoms with E-state index in [9.17, 15) is 18.0 Å². The molecule has 0 aliphatic carbocycles. The predicted molar refractivity (Wildman–Crippen MR) is 48.1 cm³/mol. The highest BCUT2D eigenvalue weighted by Crippen LogP contribution is 2.34. The van der Waals surface area contributed by atoms with E-state index in [0.29, 0.717) is 0 Å². The number of alkyl halides is 3. The molecule has 0 bridgehead atoms. The zero-order valence-corrected chi connectivity index (χ0v) is 8.04. The van der Waals surface area contributed by atoms with E-state index in [0.717, 1.165) is 12.3 Å². The van der Waals surface area contributed by atoms with Gasteiger partial charge in [0.15, 0.2) is 0 Å². The van der Waals surface area contributed by atoms with E-state index in [2.05, 4.69) is 15.3 Å². The fourth-order valence-electron chi connectivity index (χ4n) is 1.27. The van der Waals surface area contributed by atoms with Crippen molar-refractivity contribution in [3.05, 3.63) is 23.7 Å². The van der Waals surface area contributed by atoms with Gasteiger partial charge in [-0.15, -0.1) is 0 Å². The number of halogens is 3. The van der Waals surface area contributed by atoms with E-state index < -0.39 is 17.8 Å². The number of carboxylic acid groups (broad SMARTS) is 1. The first-order valence-electron chi connectivity index (χ1n) is 4.29. The van der Waals surface area contributed by atoms with Crippen molar-refractivity contribution in [3.8, 4) is 11.3 Å². The first-order valence-corrected chi connectivity index (χ1v) is 4.29. The van der Waals surface area contributed by atoms with Crippen molar-refractivity contribution in [2.75, 3.05) is 0 Å². The molecule has 9 heteroatoms. The fourth-order valence-corrected chi connectivity index (χ4v) is 1.27. The molecule has 17 heavy (non-hydrogen) atoms. The molecule has 2 aromatic rings. The zero-order chi connectivity index (χ0) is 12.6. The average molecular weight is 246 g/mol. The third kappa shape index (κ3) is 1.98. The largest absolute Gasteiger partial charge is 0.477 e. The Kier molecular flexibility index (Phi) is 2.37. The van der Waals surface area contributed by atoms with Gasteiger partial charge in [-0.2, -0.15) is 23.4 Å². The Morgan fingerprint density at radius 2 is 2.06 bits per heavy atom. The lowest BCUT2D eigenvalue weighted by Crippen LogP contribution is -2.07. The van der Waals surface area contributed by atoms with Gasteiger partial charge in [0.1, 0.15) is 11.4 Å². The second-order valence-corrected chi connectivity index (χ2v) is 3.13. The van der Waals surface area contributed by atoms with Gasteiger partial charge in [0.25, 0.3) is 0 Å². The number of carboxylic acids is 1. The van der Waals surface area contributed by atoms with Crippen LogP contribution in [0.5, 0.6) is 0 Å². The maximum atomic E-state index is 12.5. The van der Waals surface area contributed by atoms with Gasteiger partial charge in [-0.05, 0) is 6.07 Å². The molecule has 3 N–H and O–H groups in total. The molecule has 2 rings (SSSR count). The Balaban J connectivity index is 2.47. The molecule has 0 fully saturated rings. The summed E-state index contributed by atoms with van der Waals surface area (Å²) >= 11 is 0. The van der Waals surface area contributed by atoms with Crippen LogP contribution in [0, 0.1) is 0 Å². The average Bonchev–Trinajstić information content (AvgIpc) is 2.85. The summed E-state index contributed by atoms with van der Waals surface area (Å²) in [5.41, 5.74) is -1.81. The van der Waals surface area contributed by atoms with Crippen molar-refractivity contribution in [3.63, 3.8) is 0 Å². The van der Waals surface area contributed by atoms with Crippen molar-refractivity contribution in [2.45, 2.75) is 6.18 Å². The molecule has 0 amide bonds. The minimum absolute atomic E-state index is 0.136. The number of nitrogens with zero attached hydrogens (tertiary/aromatic N) is 2. The molecular formula is C8H5F3N4O2. The number of hydrogen-bond acceptors (Lipinski definition) is 3. The van der Waals surface area contributed by atoms with Gasteiger partial charge in [-0.1, -0.05) is 0 Å². The summed E-state index contributed by atoms with van der Waals surface area (Å²) in [6, 6.07) is 1.00. The fraction of sp³-hybridized carbons (Fsp3) is 0.125. The van der Waals surface area contributed by atoms with Crippen LogP contribution in [0.15, 0.2) is 12.3 Å². The summed E-state index contributed by atoms with van der Waals surface area (Å²) in [7, 11) is 0. The number of carbonyl (C=O) groups is 1. The van der Waals surface area contributed by atoms with E-state index in [4.69, 9.17) is 5.11 Å². The van der Waals surface area contributed by atoms with Crippen molar-refractivity contribution >= 4 is 5.97 Å². The Bertz CT molecular complexity index is 557.